The Morgan fingerprint density at radius 1 is 1.67 bits per heavy atom. The molecule has 2 rings (SSSR count). The first kappa shape index (κ1) is 12.3. The monoisotopic (exact) mass is 266 g/mol. The number of terminal acetylenes is 1. The Balaban J connectivity index is 2.45. The van der Waals surface area contributed by atoms with Crippen molar-refractivity contribution in [3.8, 4) is 12.3 Å². The Morgan fingerprint density at radius 3 is 2.94 bits per heavy atom. The molecule has 0 aliphatic carbocycles. The van der Waals surface area contributed by atoms with E-state index in [1.165, 1.54) is 4.90 Å². The molecule has 0 saturated carbocycles. The van der Waals surface area contributed by atoms with E-state index in [-0.39, 0.29) is 41.6 Å². The quantitative estimate of drug-likeness (QED) is 0.345. The summed E-state index contributed by atoms with van der Waals surface area (Å²) in [7, 11) is 0. The molecule has 2 heterocycles. The van der Waals surface area contributed by atoms with Crippen LogP contribution in [0.2, 0.25) is 5.28 Å². The molecule has 0 bridgehead atoms. The lowest BCUT2D eigenvalue weighted by molar-refractivity contribution is -0.384. The average molecular weight is 267 g/mol. The van der Waals surface area contributed by atoms with Gasteiger partial charge in [0.25, 0.3) is 0 Å². The number of rotatable bonds is 2. The Labute approximate surface area is 107 Å². The second kappa shape index (κ2) is 4.58. The molecule has 1 aliphatic heterocycles. The summed E-state index contributed by atoms with van der Waals surface area (Å²) < 4.78 is 0. The minimum atomic E-state index is -0.665. The van der Waals surface area contributed by atoms with Crippen molar-refractivity contribution in [3.05, 3.63) is 21.6 Å². The van der Waals surface area contributed by atoms with Gasteiger partial charge in [-0.25, -0.2) is 4.98 Å². The van der Waals surface area contributed by atoms with Crippen molar-refractivity contribution in [2.45, 2.75) is 6.42 Å². The third-order valence-electron chi connectivity index (χ3n) is 2.53. The summed E-state index contributed by atoms with van der Waals surface area (Å²) in [5.74, 6) is 1.76. The molecule has 1 aromatic heterocycles. The fourth-order valence-electron chi connectivity index (χ4n) is 1.70. The van der Waals surface area contributed by atoms with Gasteiger partial charge in [-0.05, 0) is 11.6 Å². The lowest BCUT2D eigenvalue weighted by atomic mass is 10.1. The van der Waals surface area contributed by atoms with E-state index < -0.39 is 4.92 Å². The van der Waals surface area contributed by atoms with Crippen LogP contribution in [0, 0.1) is 28.4 Å². The molecule has 92 valence electrons. The van der Waals surface area contributed by atoms with Crippen molar-refractivity contribution in [2.24, 2.45) is 5.92 Å². The second-order valence-electron chi connectivity index (χ2n) is 3.68. The number of nitro groups is 1. The van der Waals surface area contributed by atoms with Crippen LogP contribution < -0.4 is 4.90 Å². The number of anilines is 1. The molecule has 1 atom stereocenters. The minimum absolute atomic E-state index is 0.109. The van der Waals surface area contributed by atoms with Crippen LogP contribution >= 0.6 is 11.6 Å². The standard InChI is InChI=1S/C10H7ClN4O3/c1-2-6-3-8(16)14(5-6)9-7(15(17)18)4-12-10(11)13-9/h1,4,6H,3,5H2. The van der Waals surface area contributed by atoms with E-state index in [4.69, 9.17) is 18.0 Å². The topological polar surface area (TPSA) is 89.2 Å². The van der Waals surface area contributed by atoms with Crippen molar-refractivity contribution in [1.29, 1.82) is 0 Å². The van der Waals surface area contributed by atoms with Crippen LogP contribution in [-0.4, -0.2) is 27.3 Å². The van der Waals surface area contributed by atoms with Crippen molar-refractivity contribution in [3.63, 3.8) is 0 Å². The number of aromatic nitrogens is 2. The van der Waals surface area contributed by atoms with Gasteiger partial charge in [-0.3, -0.25) is 19.8 Å². The highest BCUT2D eigenvalue weighted by atomic mass is 35.5. The number of amides is 1. The molecule has 1 amide bonds. The Hall–Kier alpha value is -2.20. The summed E-state index contributed by atoms with van der Waals surface area (Å²) in [4.78, 5) is 30.4. The third kappa shape index (κ3) is 2.10. The van der Waals surface area contributed by atoms with Gasteiger partial charge in [-0.1, -0.05) is 0 Å². The van der Waals surface area contributed by atoms with Gasteiger partial charge in [0.05, 0.1) is 4.92 Å². The molecular formula is C10H7ClN4O3. The highest BCUT2D eigenvalue weighted by molar-refractivity contribution is 6.28. The van der Waals surface area contributed by atoms with E-state index >= 15 is 0 Å². The maximum atomic E-state index is 11.7. The number of hydrogen-bond donors (Lipinski definition) is 0. The molecule has 1 aliphatic rings. The first-order valence-electron chi connectivity index (χ1n) is 4.96. The van der Waals surface area contributed by atoms with E-state index in [9.17, 15) is 14.9 Å². The van der Waals surface area contributed by atoms with E-state index in [2.05, 4.69) is 15.9 Å². The molecule has 8 heteroatoms. The minimum Gasteiger partial charge on any atom is -0.290 e. The highest BCUT2D eigenvalue weighted by Gasteiger charge is 2.35. The van der Waals surface area contributed by atoms with E-state index in [1.54, 1.807) is 0 Å². The van der Waals surface area contributed by atoms with Crippen LogP contribution in [-0.2, 0) is 4.79 Å². The summed E-state index contributed by atoms with van der Waals surface area (Å²) in [6, 6.07) is 0. The zero-order valence-electron chi connectivity index (χ0n) is 9.04. The molecule has 18 heavy (non-hydrogen) atoms. The molecule has 1 fully saturated rings. The van der Waals surface area contributed by atoms with Gasteiger partial charge in [0, 0.05) is 18.9 Å². The number of carbonyl (C=O) groups excluding carboxylic acids is 1. The van der Waals surface area contributed by atoms with Crippen LogP contribution in [0.3, 0.4) is 0 Å². The smallest absolute Gasteiger partial charge is 0.290 e. The largest absolute Gasteiger partial charge is 0.330 e. The summed E-state index contributed by atoms with van der Waals surface area (Å²) in [6.07, 6.45) is 6.36. The van der Waals surface area contributed by atoms with Gasteiger partial charge in [-0.2, -0.15) is 4.98 Å². The molecule has 0 aromatic carbocycles. The predicted octanol–water partition coefficient (Wildman–Crippen LogP) is 1.02. The first-order valence-corrected chi connectivity index (χ1v) is 5.34. The molecule has 1 saturated heterocycles. The summed E-state index contributed by atoms with van der Waals surface area (Å²) >= 11 is 5.59. The number of hydrogen-bond acceptors (Lipinski definition) is 5. The van der Waals surface area contributed by atoms with Crippen LogP contribution in [0.4, 0.5) is 11.5 Å². The van der Waals surface area contributed by atoms with Gasteiger partial charge in [0.2, 0.25) is 17.0 Å². The number of halogens is 1. The maximum Gasteiger partial charge on any atom is 0.330 e. The maximum absolute atomic E-state index is 11.7. The van der Waals surface area contributed by atoms with Crippen molar-refractivity contribution in [1.82, 2.24) is 9.97 Å². The van der Waals surface area contributed by atoms with Gasteiger partial charge < -0.3 is 0 Å². The fourth-order valence-corrected chi connectivity index (χ4v) is 1.83. The van der Waals surface area contributed by atoms with Gasteiger partial charge in [0.15, 0.2) is 0 Å². The van der Waals surface area contributed by atoms with Crippen LogP contribution in [0.5, 0.6) is 0 Å². The summed E-state index contributed by atoms with van der Waals surface area (Å²) in [6.45, 7) is 0.198. The SMILES string of the molecule is C#CC1CC(=O)N(c2nc(Cl)ncc2[N+](=O)[O-])C1. The zero-order valence-corrected chi connectivity index (χ0v) is 9.79. The van der Waals surface area contributed by atoms with E-state index in [0.29, 0.717) is 0 Å². The van der Waals surface area contributed by atoms with Crippen LogP contribution in [0.25, 0.3) is 0 Å². The molecule has 7 nitrogen and oxygen atoms in total. The molecule has 1 aromatic rings. The number of nitrogens with zero attached hydrogens (tertiary/aromatic N) is 4. The van der Waals surface area contributed by atoms with Crippen molar-refractivity contribution in [2.75, 3.05) is 11.4 Å². The first-order chi connectivity index (χ1) is 8.52. The number of carbonyl (C=O) groups is 1. The summed E-state index contributed by atoms with van der Waals surface area (Å²) in [5, 5.41) is 10.7. The van der Waals surface area contributed by atoms with Gasteiger partial charge >= 0.3 is 5.69 Å². The summed E-state index contributed by atoms with van der Waals surface area (Å²) in [5.41, 5.74) is -0.370. The zero-order chi connectivity index (χ0) is 13.3. The lowest BCUT2D eigenvalue weighted by Crippen LogP contribution is -2.26. The fraction of sp³-hybridized carbons (Fsp3) is 0.300. The van der Waals surface area contributed by atoms with Crippen molar-refractivity contribution >= 4 is 29.0 Å². The molecule has 1 unspecified atom stereocenters. The van der Waals surface area contributed by atoms with Crippen molar-refractivity contribution < 1.29 is 9.72 Å². The molecule has 0 N–H and O–H groups in total. The van der Waals surface area contributed by atoms with E-state index in [1.807, 2.05) is 0 Å². The highest BCUT2D eigenvalue weighted by Crippen LogP contribution is 2.31. The third-order valence-corrected chi connectivity index (χ3v) is 2.72. The van der Waals surface area contributed by atoms with Crippen LogP contribution in [0.15, 0.2) is 6.20 Å². The second-order valence-corrected chi connectivity index (χ2v) is 4.02. The lowest BCUT2D eigenvalue weighted by Gasteiger charge is -2.14. The van der Waals surface area contributed by atoms with Crippen LogP contribution in [0.1, 0.15) is 6.42 Å². The Bertz CT molecular complexity index is 569. The Kier molecular flexibility index (Phi) is 3.12. The molecule has 0 spiro atoms. The Morgan fingerprint density at radius 2 is 2.39 bits per heavy atom. The van der Waals surface area contributed by atoms with E-state index in [0.717, 1.165) is 6.20 Å². The van der Waals surface area contributed by atoms with Gasteiger partial charge in [0.1, 0.15) is 6.20 Å². The molecule has 0 radical (unpaired) electrons. The predicted molar refractivity (Wildman–Crippen MR) is 63.0 cm³/mol. The average Bonchev–Trinajstić information content (AvgIpc) is 2.70. The molecular weight excluding hydrogens is 260 g/mol. The van der Waals surface area contributed by atoms with Gasteiger partial charge in [-0.15, -0.1) is 12.3 Å². The normalized spacial score (nSPS) is 18.8.